The smallest absolute Gasteiger partial charge is 0.256 e. The third-order valence-corrected chi connectivity index (χ3v) is 3.19. The summed E-state index contributed by atoms with van der Waals surface area (Å²) in [5.74, 6) is 0.244. The molecule has 1 amide bonds. The lowest BCUT2D eigenvalue weighted by Crippen LogP contribution is -2.42. The molecule has 1 heterocycles. The molecule has 0 aliphatic carbocycles. The van der Waals surface area contributed by atoms with Crippen LogP contribution in [0.25, 0.3) is 0 Å². The van der Waals surface area contributed by atoms with Crippen LogP contribution in [-0.2, 0) is 11.2 Å². The Bertz CT molecular complexity index is 511. The second-order valence-electron chi connectivity index (χ2n) is 4.87. The van der Waals surface area contributed by atoms with Gasteiger partial charge < -0.3 is 5.73 Å². The molecule has 2 N–H and O–H groups in total. The van der Waals surface area contributed by atoms with Gasteiger partial charge in [-0.15, -0.1) is 0 Å². The summed E-state index contributed by atoms with van der Waals surface area (Å²) in [5.41, 5.74) is 6.11. The molecule has 1 aromatic rings. The van der Waals surface area contributed by atoms with Crippen molar-refractivity contribution < 1.29 is 4.79 Å². The van der Waals surface area contributed by atoms with Crippen LogP contribution in [0.15, 0.2) is 29.3 Å². The fraction of sp³-hybridized carbons (Fsp3) is 0.385. The number of halogens is 1. The molecule has 18 heavy (non-hydrogen) atoms. The first kappa shape index (κ1) is 12.9. The monoisotopic (exact) mass is 265 g/mol. The minimum atomic E-state index is -0.738. The summed E-state index contributed by atoms with van der Waals surface area (Å²) in [4.78, 5) is 17.7. The molecule has 0 aromatic heterocycles. The van der Waals surface area contributed by atoms with Crippen molar-refractivity contribution in [1.82, 2.24) is 4.90 Å². The summed E-state index contributed by atoms with van der Waals surface area (Å²) in [6.07, 6.45) is 0.707. The van der Waals surface area contributed by atoms with Crippen molar-refractivity contribution in [2.24, 2.45) is 10.7 Å². The van der Waals surface area contributed by atoms with E-state index in [9.17, 15) is 4.79 Å². The first-order valence-corrected chi connectivity index (χ1v) is 6.20. The highest BCUT2D eigenvalue weighted by Gasteiger charge is 2.39. The fourth-order valence-corrected chi connectivity index (χ4v) is 2.19. The molecular weight excluding hydrogens is 250 g/mol. The molecule has 0 unspecified atom stereocenters. The van der Waals surface area contributed by atoms with E-state index in [1.807, 2.05) is 24.3 Å². The lowest BCUT2D eigenvalue weighted by atomic mass is 10.1. The molecule has 1 aliphatic heterocycles. The van der Waals surface area contributed by atoms with Gasteiger partial charge in [0.05, 0.1) is 0 Å². The minimum Gasteiger partial charge on any atom is -0.369 e. The van der Waals surface area contributed by atoms with Crippen LogP contribution >= 0.6 is 11.6 Å². The predicted octanol–water partition coefficient (Wildman–Crippen LogP) is 1.82. The number of carbonyl (C=O) groups excluding carboxylic acids is 1. The Morgan fingerprint density at radius 1 is 1.44 bits per heavy atom. The Morgan fingerprint density at radius 2 is 2.17 bits per heavy atom. The van der Waals surface area contributed by atoms with Crippen molar-refractivity contribution in [3.8, 4) is 0 Å². The molecule has 0 fully saturated rings. The van der Waals surface area contributed by atoms with Crippen molar-refractivity contribution >= 4 is 23.5 Å². The third kappa shape index (κ3) is 2.48. The van der Waals surface area contributed by atoms with E-state index in [2.05, 4.69) is 4.99 Å². The van der Waals surface area contributed by atoms with Gasteiger partial charge in [0.15, 0.2) is 5.96 Å². The van der Waals surface area contributed by atoms with Crippen LogP contribution in [0, 0.1) is 0 Å². The average molecular weight is 266 g/mol. The zero-order valence-corrected chi connectivity index (χ0v) is 11.2. The van der Waals surface area contributed by atoms with Crippen LogP contribution in [0.3, 0.4) is 0 Å². The molecule has 4 nitrogen and oxygen atoms in total. The summed E-state index contributed by atoms with van der Waals surface area (Å²) >= 11 is 5.91. The second-order valence-corrected chi connectivity index (χ2v) is 5.30. The molecule has 0 radical (unpaired) electrons. The molecular formula is C13H16ClN3O. The Kier molecular flexibility index (Phi) is 3.30. The Balaban J connectivity index is 2.04. The van der Waals surface area contributed by atoms with Crippen molar-refractivity contribution in [1.29, 1.82) is 0 Å². The first-order valence-electron chi connectivity index (χ1n) is 5.82. The van der Waals surface area contributed by atoms with Gasteiger partial charge in [0, 0.05) is 11.6 Å². The largest absolute Gasteiger partial charge is 0.369 e. The Labute approximate surface area is 111 Å². The maximum absolute atomic E-state index is 12.0. The zero-order valence-electron chi connectivity index (χ0n) is 10.5. The molecule has 0 bridgehead atoms. The molecule has 5 heteroatoms. The third-order valence-electron chi connectivity index (χ3n) is 2.95. The van der Waals surface area contributed by atoms with E-state index in [1.54, 1.807) is 13.8 Å². The number of aliphatic imine (C=N–C) groups is 1. The van der Waals surface area contributed by atoms with Crippen molar-refractivity contribution in [3.05, 3.63) is 34.9 Å². The van der Waals surface area contributed by atoms with Crippen LogP contribution in [0.2, 0.25) is 5.02 Å². The normalized spacial score (nSPS) is 18.1. The molecule has 96 valence electrons. The van der Waals surface area contributed by atoms with Crippen molar-refractivity contribution in [3.63, 3.8) is 0 Å². The van der Waals surface area contributed by atoms with Gasteiger partial charge in [0.1, 0.15) is 5.54 Å². The molecule has 0 saturated heterocycles. The second kappa shape index (κ2) is 4.61. The number of hydrogen-bond donors (Lipinski definition) is 1. The summed E-state index contributed by atoms with van der Waals surface area (Å²) in [5, 5.41) is 0.696. The molecule has 1 aromatic carbocycles. The van der Waals surface area contributed by atoms with Gasteiger partial charge in [0.25, 0.3) is 5.91 Å². The van der Waals surface area contributed by atoms with Gasteiger partial charge in [-0.1, -0.05) is 23.7 Å². The van der Waals surface area contributed by atoms with Crippen LogP contribution < -0.4 is 5.73 Å². The lowest BCUT2D eigenvalue weighted by Gasteiger charge is -2.19. The number of rotatable bonds is 3. The predicted molar refractivity (Wildman–Crippen MR) is 72.6 cm³/mol. The molecule has 2 rings (SSSR count). The van der Waals surface area contributed by atoms with Crippen LogP contribution in [0.5, 0.6) is 0 Å². The zero-order chi connectivity index (χ0) is 13.3. The van der Waals surface area contributed by atoms with Gasteiger partial charge in [-0.25, -0.2) is 4.99 Å². The van der Waals surface area contributed by atoms with Crippen molar-refractivity contribution in [2.75, 3.05) is 6.54 Å². The quantitative estimate of drug-likeness (QED) is 0.906. The van der Waals surface area contributed by atoms with Crippen LogP contribution in [0.4, 0.5) is 0 Å². The number of amides is 1. The Morgan fingerprint density at radius 3 is 2.72 bits per heavy atom. The highest BCUT2D eigenvalue weighted by molar-refractivity contribution is 6.30. The van der Waals surface area contributed by atoms with E-state index in [0.717, 1.165) is 5.56 Å². The minimum absolute atomic E-state index is 0.0537. The van der Waals surface area contributed by atoms with E-state index in [-0.39, 0.29) is 5.91 Å². The Hall–Kier alpha value is -1.55. The van der Waals surface area contributed by atoms with Gasteiger partial charge in [-0.3, -0.25) is 9.69 Å². The number of guanidine groups is 1. The van der Waals surface area contributed by atoms with Gasteiger partial charge in [-0.2, -0.15) is 0 Å². The van der Waals surface area contributed by atoms with Gasteiger partial charge >= 0.3 is 0 Å². The number of hydrogen-bond acceptors (Lipinski definition) is 3. The summed E-state index contributed by atoms with van der Waals surface area (Å²) in [6.45, 7) is 4.06. The maximum atomic E-state index is 12.0. The number of benzene rings is 1. The molecule has 0 saturated carbocycles. The van der Waals surface area contributed by atoms with E-state index in [0.29, 0.717) is 23.9 Å². The number of carbonyl (C=O) groups is 1. The first-order chi connectivity index (χ1) is 8.40. The van der Waals surface area contributed by atoms with Crippen LogP contribution in [-0.4, -0.2) is 28.9 Å². The molecule has 0 spiro atoms. The summed E-state index contributed by atoms with van der Waals surface area (Å²) < 4.78 is 0. The lowest BCUT2D eigenvalue weighted by molar-refractivity contribution is -0.130. The van der Waals surface area contributed by atoms with Gasteiger partial charge in [0.2, 0.25) is 0 Å². The number of nitrogens with zero attached hydrogens (tertiary/aromatic N) is 2. The highest BCUT2D eigenvalue weighted by atomic mass is 35.5. The highest BCUT2D eigenvalue weighted by Crippen LogP contribution is 2.21. The standard InChI is InChI=1S/C13H16ClN3O/c1-13(2)11(18)17(12(15)16-13)7-6-9-4-3-5-10(14)8-9/h3-5,8H,6-7H2,1-2H3,(H2,15,16). The maximum Gasteiger partial charge on any atom is 0.256 e. The van der Waals surface area contributed by atoms with Crippen LogP contribution in [0.1, 0.15) is 19.4 Å². The molecule has 0 atom stereocenters. The van der Waals surface area contributed by atoms with Gasteiger partial charge in [-0.05, 0) is 38.0 Å². The molecule has 1 aliphatic rings. The summed E-state index contributed by atoms with van der Waals surface area (Å²) in [7, 11) is 0. The average Bonchev–Trinajstić information content (AvgIpc) is 2.46. The van der Waals surface area contributed by atoms with E-state index >= 15 is 0 Å². The fourth-order valence-electron chi connectivity index (χ4n) is 1.98. The van der Waals surface area contributed by atoms with E-state index < -0.39 is 5.54 Å². The van der Waals surface area contributed by atoms with E-state index in [1.165, 1.54) is 4.90 Å². The number of nitrogens with two attached hydrogens (primary N) is 1. The van der Waals surface area contributed by atoms with E-state index in [4.69, 9.17) is 17.3 Å². The topological polar surface area (TPSA) is 58.7 Å². The van der Waals surface area contributed by atoms with Crippen molar-refractivity contribution in [2.45, 2.75) is 25.8 Å². The SMILES string of the molecule is CC1(C)N=C(N)N(CCc2cccc(Cl)c2)C1=O. The summed E-state index contributed by atoms with van der Waals surface area (Å²) in [6, 6.07) is 7.58.